The van der Waals surface area contributed by atoms with Gasteiger partial charge in [-0.25, -0.2) is 0 Å². The second-order valence-electron chi connectivity index (χ2n) is 5.54. The van der Waals surface area contributed by atoms with Crippen LogP contribution < -0.4 is 14.2 Å². The van der Waals surface area contributed by atoms with Gasteiger partial charge in [0.05, 0.1) is 12.7 Å². The summed E-state index contributed by atoms with van der Waals surface area (Å²) in [6.45, 7) is 0.239. The Balaban J connectivity index is 1.63. The quantitative estimate of drug-likeness (QED) is 0.531. The average Bonchev–Trinajstić information content (AvgIpc) is 3.36. The maximum Gasteiger partial charge on any atom is 0.235 e. The van der Waals surface area contributed by atoms with Gasteiger partial charge in [-0.05, 0) is 36.4 Å². The number of hydrogen-bond acceptors (Lipinski definition) is 7. The minimum absolute atomic E-state index is 0.239. The topological polar surface area (TPSA) is 70.8 Å². The number of nitrogens with zero attached hydrogens (tertiary/aromatic N) is 4. The Bertz CT molecular complexity index is 1140. The van der Waals surface area contributed by atoms with Gasteiger partial charge in [0.1, 0.15) is 10.8 Å². The monoisotopic (exact) mass is 386 g/mol. The van der Waals surface area contributed by atoms with E-state index >= 15 is 0 Å². The van der Waals surface area contributed by atoms with Crippen molar-refractivity contribution < 1.29 is 14.2 Å². The second kappa shape index (κ2) is 5.86. The van der Waals surface area contributed by atoms with E-state index in [9.17, 15) is 0 Å². The molecule has 130 valence electrons. The number of methoxy groups -OCH3 is 1. The molecule has 0 saturated carbocycles. The zero-order valence-corrected chi connectivity index (χ0v) is 15.0. The summed E-state index contributed by atoms with van der Waals surface area (Å²) in [7, 11) is 1.60. The minimum atomic E-state index is 0.239. The SMILES string of the molecule is COc1ccc(Cl)cc1-c1nnc2sc(-c3ccc4c(c3)OCO4)nn12. The van der Waals surface area contributed by atoms with Gasteiger partial charge in [-0.3, -0.25) is 0 Å². The lowest BCUT2D eigenvalue weighted by molar-refractivity contribution is 0.174. The van der Waals surface area contributed by atoms with Crippen LogP contribution in [0.3, 0.4) is 0 Å². The molecular weight excluding hydrogens is 376 g/mol. The third-order valence-corrected chi connectivity index (χ3v) is 5.20. The van der Waals surface area contributed by atoms with Crippen molar-refractivity contribution in [3.8, 4) is 39.2 Å². The summed E-state index contributed by atoms with van der Waals surface area (Å²) in [4.78, 5) is 0.676. The van der Waals surface area contributed by atoms with E-state index in [0.717, 1.165) is 21.9 Å². The molecule has 0 saturated heterocycles. The third-order valence-electron chi connectivity index (χ3n) is 4.01. The molecule has 0 bridgehead atoms. The number of fused-ring (bicyclic) bond motifs is 2. The normalized spacial score (nSPS) is 12.7. The van der Waals surface area contributed by atoms with Crippen LogP contribution in [0.25, 0.3) is 26.9 Å². The highest BCUT2D eigenvalue weighted by Gasteiger charge is 2.20. The van der Waals surface area contributed by atoms with Crippen LogP contribution in [0, 0.1) is 0 Å². The van der Waals surface area contributed by atoms with Crippen LogP contribution in [-0.2, 0) is 0 Å². The van der Waals surface area contributed by atoms with Crippen LogP contribution in [0.5, 0.6) is 17.2 Å². The van der Waals surface area contributed by atoms with Gasteiger partial charge in [-0.15, -0.1) is 10.2 Å². The van der Waals surface area contributed by atoms with Crippen molar-refractivity contribution in [1.29, 1.82) is 0 Å². The second-order valence-corrected chi connectivity index (χ2v) is 6.93. The Labute approximate surface area is 156 Å². The smallest absolute Gasteiger partial charge is 0.235 e. The highest BCUT2D eigenvalue weighted by atomic mass is 35.5. The standard InChI is InChI=1S/C17H11ClN4O3S/c1-23-12-5-3-10(18)7-11(12)15-19-20-17-22(15)21-16(26-17)9-2-4-13-14(6-9)25-8-24-13/h2-7H,8H2,1H3. The molecule has 26 heavy (non-hydrogen) atoms. The molecule has 0 atom stereocenters. The van der Waals surface area contributed by atoms with Crippen LogP contribution in [0.15, 0.2) is 36.4 Å². The van der Waals surface area contributed by atoms with Crippen molar-refractivity contribution in [2.75, 3.05) is 13.9 Å². The maximum absolute atomic E-state index is 6.14. The van der Waals surface area contributed by atoms with Crippen molar-refractivity contribution >= 4 is 27.9 Å². The molecule has 0 N–H and O–H groups in total. The van der Waals surface area contributed by atoms with Crippen molar-refractivity contribution in [3.63, 3.8) is 0 Å². The molecule has 0 radical (unpaired) electrons. The minimum Gasteiger partial charge on any atom is -0.496 e. The molecule has 7 nitrogen and oxygen atoms in total. The van der Waals surface area contributed by atoms with Gasteiger partial charge in [-0.1, -0.05) is 22.9 Å². The average molecular weight is 387 g/mol. The predicted octanol–water partition coefficient (Wildman–Crippen LogP) is 3.91. The highest BCUT2D eigenvalue weighted by molar-refractivity contribution is 7.19. The number of ether oxygens (including phenoxy) is 3. The van der Waals surface area contributed by atoms with E-state index < -0.39 is 0 Å². The fourth-order valence-electron chi connectivity index (χ4n) is 2.79. The first-order valence-electron chi connectivity index (χ1n) is 7.69. The Kier molecular flexibility index (Phi) is 3.47. The molecule has 0 amide bonds. The van der Waals surface area contributed by atoms with Gasteiger partial charge in [0.2, 0.25) is 11.8 Å². The Morgan fingerprint density at radius 1 is 1.12 bits per heavy atom. The van der Waals surface area contributed by atoms with Crippen LogP contribution in [0.4, 0.5) is 0 Å². The largest absolute Gasteiger partial charge is 0.496 e. The summed E-state index contributed by atoms with van der Waals surface area (Å²) < 4.78 is 17.9. The molecule has 1 aliphatic rings. The summed E-state index contributed by atoms with van der Waals surface area (Å²) in [6.07, 6.45) is 0. The zero-order chi connectivity index (χ0) is 17.7. The molecule has 2 aromatic carbocycles. The first-order chi connectivity index (χ1) is 12.7. The van der Waals surface area contributed by atoms with Gasteiger partial charge < -0.3 is 14.2 Å². The molecule has 1 aliphatic heterocycles. The molecule has 4 aromatic rings. The van der Waals surface area contributed by atoms with Crippen LogP contribution in [0.1, 0.15) is 0 Å². The number of halogens is 1. The van der Waals surface area contributed by atoms with Crippen molar-refractivity contribution in [3.05, 3.63) is 41.4 Å². The Morgan fingerprint density at radius 2 is 2.00 bits per heavy atom. The van der Waals surface area contributed by atoms with Crippen molar-refractivity contribution in [2.45, 2.75) is 0 Å². The molecule has 5 rings (SSSR count). The van der Waals surface area contributed by atoms with Gasteiger partial charge >= 0.3 is 0 Å². The predicted molar refractivity (Wildman–Crippen MR) is 97.2 cm³/mol. The summed E-state index contributed by atoms with van der Waals surface area (Å²) in [5.41, 5.74) is 1.66. The fourth-order valence-corrected chi connectivity index (χ4v) is 3.79. The molecule has 0 fully saturated rings. The first kappa shape index (κ1) is 15.4. The maximum atomic E-state index is 6.14. The van der Waals surface area contributed by atoms with E-state index in [2.05, 4.69) is 15.3 Å². The van der Waals surface area contributed by atoms with E-state index in [1.54, 1.807) is 29.8 Å². The van der Waals surface area contributed by atoms with Gasteiger partial charge in [0.25, 0.3) is 0 Å². The summed E-state index contributed by atoms with van der Waals surface area (Å²) in [6, 6.07) is 11.1. The van der Waals surface area contributed by atoms with Gasteiger partial charge in [0, 0.05) is 10.6 Å². The summed E-state index contributed by atoms with van der Waals surface area (Å²) in [5.74, 6) is 2.68. The zero-order valence-electron chi connectivity index (χ0n) is 13.5. The Hall–Kier alpha value is -2.84. The van der Waals surface area contributed by atoms with E-state index in [4.69, 9.17) is 25.8 Å². The lowest BCUT2D eigenvalue weighted by Gasteiger charge is -2.06. The first-order valence-corrected chi connectivity index (χ1v) is 8.88. The fraction of sp³-hybridized carbons (Fsp3) is 0.118. The van der Waals surface area contributed by atoms with Gasteiger partial charge in [-0.2, -0.15) is 9.61 Å². The Morgan fingerprint density at radius 3 is 2.88 bits per heavy atom. The third kappa shape index (κ3) is 2.38. The summed E-state index contributed by atoms with van der Waals surface area (Å²) in [5, 5.41) is 14.5. The van der Waals surface area contributed by atoms with E-state index in [-0.39, 0.29) is 6.79 Å². The lowest BCUT2D eigenvalue weighted by Crippen LogP contribution is -1.94. The number of hydrogen-bond donors (Lipinski definition) is 0. The van der Waals surface area contributed by atoms with Gasteiger partial charge in [0.15, 0.2) is 17.3 Å². The molecule has 0 aliphatic carbocycles. The van der Waals surface area contributed by atoms with E-state index in [1.807, 2.05) is 18.2 Å². The molecule has 2 aromatic heterocycles. The number of aromatic nitrogens is 4. The molecule has 0 unspecified atom stereocenters. The van der Waals surface area contributed by atoms with Crippen LogP contribution in [0.2, 0.25) is 5.02 Å². The number of benzene rings is 2. The van der Waals surface area contributed by atoms with Crippen molar-refractivity contribution in [2.24, 2.45) is 0 Å². The molecular formula is C17H11ClN4O3S. The lowest BCUT2D eigenvalue weighted by atomic mass is 10.2. The summed E-state index contributed by atoms with van der Waals surface area (Å²) >= 11 is 7.58. The molecule has 9 heteroatoms. The van der Waals surface area contributed by atoms with Crippen LogP contribution >= 0.6 is 22.9 Å². The molecule has 3 heterocycles. The molecule has 0 spiro atoms. The van der Waals surface area contributed by atoms with E-state index in [0.29, 0.717) is 27.3 Å². The van der Waals surface area contributed by atoms with E-state index in [1.165, 1.54) is 11.3 Å². The highest BCUT2D eigenvalue weighted by Crippen LogP contribution is 2.38. The van der Waals surface area contributed by atoms with Crippen LogP contribution in [-0.4, -0.2) is 33.7 Å². The number of rotatable bonds is 3. The van der Waals surface area contributed by atoms with Crippen molar-refractivity contribution in [1.82, 2.24) is 19.8 Å².